The standard InChI is InChI=1S/C25H34N2O4/c1-16-20(22(23(29)30)31-24(2,3)4)21(27-13-11-25(5,6)12-14-27)19(15-26-16)17-7-9-18(28)10-8-17/h7-10,15,22,28H,11-14H2,1-6H3,(H,29,30)/t22-/m0/s1. The minimum absolute atomic E-state index is 0.185. The number of aromatic nitrogens is 1. The molecule has 2 heterocycles. The number of aliphatic carboxylic acids is 1. The molecule has 168 valence electrons. The van der Waals surface area contributed by atoms with E-state index in [0.717, 1.165) is 42.7 Å². The Kier molecular flexibility index (Phi) is 6.33. The average molecular weight is 427 g/mol. The first-order valence-electron chi connectivity index (χ1n) is 10.8. The molecule has 1 saturated heterocycles. The van der Waals surface area contributed by atoms with Crippen LogP contribution < -0.4 is 4.90 Å². The third-order valence-electron chi connectivity index (χ3n) is 5.86. The second kappa shape index (κ2) is 8.50. The Morgan fingerprint density at radius 2 is 1.74 bits per heavy atom. The molecule has 0 bridgehead atoms. The lowest BCUT2D eigenvalue weighted by Gasteiger charge is -2.41. The van der Waals surface area contributed by atoms with E-state index >= 15 is 0 Å². The summed E-state index contributed by atoms with van der Waals surface area (Å²) in [5.74, 6) is -0.842. The van der Waals surface area contributed by atoms with E-state index in [2.05, 4.69) is 23.7 Å². The molecule has 0 aliphatic carbocycles. The van der Waals surface area contributed by atoms with Crippen LogP contribution in [0.2, 0.25) is 0 Å². The quantitative estimate of drug-likeness (QED) is 0.672. The van der Waals surface area contributed by atoms with Gasteiger partial charge in [-0.1, -0.05) is 26.0 Å². The van der Waals surface area contributed by atoms with Gasteiger partial charge in [-0.2, -0.15) is 0 Å². The maximum atomic E-state index is 12.4. The Morgan fingerprint density at radius 1 is 1.16 bits per heavy atom. The van der Waals surface area contributed by atoms with E-state index < -0.39 is 17.7 Å². The first kappa shape index (κ1) is 23.1. The van der Waals surface area contributed by atoms with E-state index in [1.807, 2.05) is 39.8 Å². The number of ether oxygens (including phenoxy) is 1. The topological polar surface area (TPSA) is 82.9 Å². The van der Waals surface area contributed by atoms with Gasteiger partial charge in [-0.15, -0.1) is 0 Å². The molecule has 0 saturated carbocycles. The Balaban J connectivity index is 2.22. The van der Waals surface area contributed by atoms with Gasteiger partial charge >= 0.3 is 5.97 Å². The Morgan fingerprint density at radius 3 is 2.26 bits per heavy atom. The van der Waals surface area contributed by atoms with Crippen molar-refractivity contribution in [2.45, 2.75) is 66.1 Å². The summed E-state index contributed by atoms with van der Waals surface area (Å²) in [6.07, 6.45) is 2.70. The zero-order valence-corrected chi connectivity index (χ0v) is 19.4. The van der Waals surface area contributed by atoms with Crippen molar-refractivity contribution in [1.29, 1.82) is 0 Å². The lowest BCUT2D eigenvalue weighted by Crippen LogP contribution is -2.39. The molecule has 0 spiro atoms. The van der Waals surface area contributed by atoms with Crippen molar-refractivity contribution in [2.24, 2.45) is 5.41 Å². The number of benzene rings is 1. The van der Waals surface area contributed by atoms with Crippen LogP contribution in [0.25, 0.3) is 11.1 Å². The SMILES string of the molecule is Cc1ncc(-c2ccc(O)cc2)c(N2CCC(C)(C)CC2)c1[C@H](OC(C)(C)C)C(=O)O. The summed E-state index contributed by atoms with van der Waals surface area (Å²) in [5, 5.41) is 19.9. The van der Waals surface area contributed by atoms with Gasteiger partial charge in [-0.25, -0.2) is 4.79 Å². The molecule has 1 aromatic carbocycles. The maximum Gasteiger partial charge on any atom is 0.337 e. The Bertz CT molecular complexity index is 935. The number of nitrogens with zero attached hydrogens (tertiary/aromatic N) is 2. The first-order valence-corrected chi connectivity index (χ1v) is 10.8. The van der Waals surface area contributed by atoms with Crippen molar-refractivity contribution in [2.75, 3.05) is 18.0 Å². The van der Waals surface area contributed by atoms with Crippen LogP contribution in [0.4, 0.5) is 5.69 Å². The second-order valence-corrected chi connectivity index (χ2v) is 10.2. The van der Waals surface area contributed by atoms with Gasteiger partial charge in [0.05, 0.1) is 11.3 Å². The third-order valence-corrected chi connectivity index (χ3v) is 5.86. The fraction of sp³-hybridized carbons (Fsp3) is 0.520. The number of pyridine rings is 1. The van der Waals surface area contributed by atoms with E-state index in [9.17, 15) is 15.0 Å². The van der Waals surface area contributed by atoms with Gasteiger partial charge in [-0.05, 0) is 63.6 Å². The number of rotatable bonds is 5. The van der Waals surface area contributed by atoms with E-state index in [1.165, 1.54) is 0 Å². The molecule has 1 fully saturated rings. The third kappa shape index (κ3) is 5.37. The molecule has 2 aromatic rings. The highest BCUT2D eigenvalue weighted by Gasteiger charge is 2.35. The highest BCUT2D eigenvalue weighted by molar-refractivity contribution is 5.86. The number of phenolic OH excluding ortho intramolecular Hbond substituents is 1. The van der Waals surface area contributed by atoms with Crippen molar-refractivity contribution in [3.05, 3.63) is 41.7 Å². The van der Waals surface area contributed by atoms with Crippen LogP contribution in [0.5, 0.6) is 5.75 Å². The predicted molar refractivity (Wildman–Crippen MR) is 123 cm³/mol. The molecule has 1 aliphatic rings. The zero-order valence-electron chi connectivity index (χ0n) is 19.4. The van der Waals surface area contributed by atoms with Crippen molar-refractivity contribution >= 4 is 11.7 Å². The molecular weight excluding hydrogens is 392 g/mol. The second-order valence-electron chi connectivity index (χ2n) is 10.2. The van der Waals surface area contributed by atoms with Gasteiger partial charge in [0.1, 0.15) is 5.75 Å². The summed E-state index contributed by atoms with van der Waals surface area (Å²) in [4.78, 5) is 19.2. The van der Waals surface area contributed by atoms with Crippen LogP contribution in [0.3, 0.4) is 0 Å². The number of aromatic hydroxyl groups is 1. The molecular formula is C25H34N2O4. The molecule has 0 amide bonds. The maximum absolute atomic E-state index is 12.4. The number of carbonyl (C=O) groups is 1. The van der Waals surface area contributed by atoms with Crippen molar-refractivity contribution in [3.63, 3.8) is 0 Å². The van der Waals surface area contributed by atoms with E-state index in [4.69, 9.17) is 4.74 Å². The summed E-state index contributed by atoms with van der Waals surface area (Å²) >= 11 is 0. The van der Waals surface area contributed by atoms with Gasteiger partial charge in [-0.3, -0.25) is 4.98 Å². The van der Waals surface area contributed by atoms with Gasteiger partial charge in [0.15, 0.2) is 6.10 Å². The highest BCUT2D eigenvalue weighted by Crippen LogP contribution is 2.43. The smallest absolute Gasteiger partial charge is 0.337 e. The lowest BCUT2D eigenvalue weighted by molar-refractivity contribution is -0.160. The summed E-state index contributed by atoms with van der Waals surface area (Å²) in [5.41, 5.74) is 3.48. The monoisotopic (exact) mass is 426 g/mol. The number of piperidine rings is 1. The molecule has 1 aromatic heterocycles. The van der Waals surface area contributed by atoms with Gasteiger partial charge in [0.2, 0.25) is 0 Å². The molecule has 31 heavy (non-hydrogen) atoms. The molecule has 3 rings (SSSR count). The Hall–Kier alpha value is -2.60. The number of carboxylic acid groups (broad SMARTS) is 1. The molecule has 6 nitrogen and oxygen atoms in total. The highest BCUT2D eigenvalue weighted by atomic mass is 16.5. The molecule has 1 atom stereocenters. The molecule has 0 unspecified atom stereocenters. The summed E-state index contributed by atoms with van der Waals surface area (Å²) in [6.45, 7) is 13.6. The number of aryl methyl sites for hydroxylation is 1. The van der Waals surface area contributed by atoms with E-state index in [1.54, 1.807) is 18.3 Å². The number of hydrogen-bond acceptors (Lipinski definition) is 5. The fourth-order valence-corrected chi connectivity index (χ4v) is 4.04. The van der Waals surface area contributed by atoms with Crippen LogP contribution in [0.1, 0.15) is 64.8 Å². The first-order chi connectivity index (χ1) is 14.4. The minimum atomic E-state index is -1.13. The predicted octanol–water partition coefficient (Wildman–Crippen LogP) is 5.33. The Labute approximate surface area is 184 Å². The molecule has 6 heteroatoms. The van der Waals surface area contributed by atoms with Crippen molar-refractivity contribution in [1.82, 2.24) is 4.98 Å². The van der Waals surface area contributed by atoms with Gasteiger partial charge in [0, 0.05) is 36.1 Å². The molecule has 1 aliphatic heterocycles. The number of anilines is 1. The van der Waals surface area contributed by atoms with E-state index in [-0.39, 0.29) is 11.2 Å². The van der Waals surface area contributed by atoms with Crippen molar-refractivity contribution < 1.29 is 19.7 Å². The van der Waals surface area contributed by atoms with Crippen molar-refractivity contribution in [3.8, 4) is 16.9 Å². The summed E-state index contributed by atoms with van der Waals surface area (Å²) in [6, 6.07) is 6.95. The van der Waals surface area contributed by atoms with Crippen LogP contribution in [0.15, 0.2) is 30.5 Å². The number of carboxylic acids is 1. The molecule has 2 N–H and O–H groups in total. The summed E-state index contributed by atoms with van der Waals surface area (Å²) in [7, 11) is 0. The van der Waals surface area contributed by atoms with Crippen LogP contribution >= 0.6 is 0 Å². The zero-order chi connectivity index (χ0) is 23.0. The lowest BCUT2D eigenvalue weighted by atomic mass is 9.82. The van der Waals surface area contributed by atoms with Crippen LogP contribution in [0, 0.1) is 12.3 Å². The largest absolute Gasteiger partial charge is 0.508 e. The van der Waals surface area contributed by atoms with Gasteiger partial charge < -0.3 is 19.8 Å². The summed E-state index contributed by atoms with van der Waals surface area (Å²) < 4.78 is 6.04. The normalized spacial score (nSPS) is 17.4. The fourth-order valence-electron chi connectivity index (χ4n) is 4.04. The number of phenols is 1. The minimum Gasteiger partial charge on any atom is -0.508 e. The van der Waals surface area contributed by atoms with Gasteiger partial charge in [0.25, 0.3) is 0 Å². The molecule has 0 radical (unpaired) electrons. The van der Waals surface area contributed by atoms with Crippen LogP contribution in [-0.4, -0.2) is 39.9 Å². The number of hydrogen-bond donors (Lipinski definition) is 2. The van der Waals surface area contributed by atoms with E-state index in [0.29, 0.717) is 11.3 Å². The average Bonchev–Trinajstić information content (AvgIpc) is 2.66. The van der Waals surface area contributed by atoms with Crippen LogP contribution in [-0.2, 0) is 9.53 Å².